The van der Waals surface area contributed by atoms with Crippen molar-refractivity contribution in [1.82, 2.24) is 5.06 Å². The van der Waals surface area contributed by atoms with Crippen molar-refractivity contribution in [2.24, 2.45) is 0 Å². The van der Waals surface area contributed by atoms with E-state index >= 15 is 0 Å². The van der Waals surface area contributed by atoms with Crippen LogP contribution in [0.4, 0.5) is 0 Å². The van der Waals surface area contributed by atoms with Crippen molar-refractivity contribution in [2.75, 3.05) is 6.54 Å². The Bertz CT molecular complexity index is 52.0. The third-order valence-corrected chi connectivity index (χ3v) is 0.987. The van der Waals surface area contributed by atoms with Crippen molar-refractivity contribution in [1.29, 1.82) is 0 Å². The first-order valence-corrected chi connectivity index (χ1v) is 2.70. The number of unbranched alkanes of at least 4 members (excludes halogenated alkanes) is 1. The molecule has 0 aliphatic carbocycles. The highest BCUT2D eigenvalue weighted by atomic mass is 16.8. The van der Waals surface area contributed by atoms with Gasteiger partial charge in [0.05, 0.1) is 0 Å². The predicted octanol–water partition coefficient (Wildman–Crippen LogP) is 1.15. The maximum Gasteiger partial charge on any atom is 0.197 e. The molecule has 0 saturated carbocycles. The maximum absolute atomic E-state index is 4.72. The summed E-state index contributed by atoms with van der Waals surface area (Å²) in [4.78, 5) is 4.72. The van der Waals surface area contributed by atoms with Crippen LogP contribution in [0.3, 0.4) is 0 Å². The van der Waals surface area contributed by atoms with Crippen molar-refractivity contribution in [2.45, 2.75) is 19.8 Å². The molecule has 0 aromatic heterocycles. The lowest BCUT2D eigenvalue weighted by Gasteiger charge is -1.89. The van der Waals surface area contributed by atoms with Crippen LogP contribution in [-0.2, 0) is 4.84 Å². The zero-order valence-corrected chi connectivity index (χ0v) is 4.55. The zero-order chi connectivity index (χ0) is 5.11. The molecule has 2 heteroatoms. The molecule has 2 nitrogen and oxygen atoms in total. The Kier molecular flexibility index (Phi) is 1.65. The van der Waals surface area contributed by atoms with Crippen LogP contribution < -0.4 is 0 Å². The second kappa shape index (κ2) is 2.28. The van der Waals surface area contributed by atoms with Gasteiger partial charge in [-0.3, -0.25) is 4.84 Å². The molecular weight excluding hydrogens is 90.1 g/mol. The molecule has 1 radical (unpaired) electrons. The zero-order valence-electron chi connectivity index (χ0n) is 4.55. The van der Waals surface area contributed by atoms with E-state index in [-0.39, 0.29) is 0 Å². The first-order chi connectivity index (χ1) is 3.43. The van der Waals surface area contributed by atoms with E-state index < -0.39 is 0 Å². The summed E-state index contributed by atoms with van der Waals surface area (Å²) in [5, 5.41) is 1.84. The lowest BCUT2D eigenvalue weighted by Crippen LogP contribution is -1.94. The van der Waals surface area contributed by atoms with Crippen LogP contribution in [0.2, 0.25) is 0 Å². The fourth-order valence-electron chi connectivity index (χ4n) is 0.453. The number of hydrogen-bond acceptors (Lipinski definition) is 2. The molecule has 0 aromatic rings. The highest BCUT2D eigenvalue weighted by Gasteiger charge is 2.18. The Morgan fingerprint density at radius 2 is 2.43 bits per heavy atom. The van der Waals surface area contributed by atoms with Gasteiger partial charge in [0.2, 0.25) is 0 Å². The fourth-order valence-corrected chi connectivity index (χ4v) is 0.453. The molecule has 41 valence electrons. The largest absolute Gasteiger partial charge is 0.271 e. The van der Waals surface area contributed by atoms with Gasteiger partial charge in [0.1, 0.15) is 0 Å². The average Bonchev–Trinajstić information content (AvgIpc) is 2.42. The van der Waals surface area contributed by atoms with Crippen molar-refractivity contribution in [3.63, 3.8) is 0 Å². The Balaban J connectivity index is 1.80. The topological polar surface area (TPSA) is 15.5 Å². The van der Waals surface area contributed by atoms with Crippen LogP contribution in [0.15, 0.2) is 0 Å². The highest BCUT2D eigenvalue weighted by Crippen LogP contribution is 2.12. The van der Waals surface area contributed by atoms with Gasteiger partial charge in [-0.2, -0.15) is 5.06 Å². The van der Waals surface area contributed by atoms with Crippen molar-refractivity contribution >= 4 is 0 Å². The smallest absolute Gasteiger partial charge is 0.197 e. The molecule has 0 aromatic carbocycles. The van der Waals surface area contributed by atoms with Gasteiger partial charge in [0, 0.05) is 6.54 Å². The molecule has 0 N–H and O–H groups in total. The number of nitrogens with zero attached hydrogens (tertiary/aromatic N) is 1. The summed E-state index contributed by atoms with van der Waals surface area (Å²) in [5.41, 5.74) is 0. The second-order valence-electron chi connectivity index (χ2n) is 1.71. The van der Waals surface area contributed by atoms with Crippen LogP contribution >= 0.6 is 0 Å². The Morgan fingerprint density at radius 3 is 2.86 bits per heavy atom. The Labute approximate surface area is 44.0 Å². The molecule has 0 amide bonds. The summed E-state index contributed by atoms with van der Waals surface area (Å²) in [6.45, 7) is 4.97. The molecule has 0 bridgehead atoms. The summed E-state index contributed by atoms with van der Waals surface area (Å²) in [5.74, 6) is 0. The summed E-state index contributed by atoms with van der Waals surface area (Å²) >= 11 is 0. The van der Waals surface area contributed by atoms with Crippen molar-refractivity contribution < 1.29 is 4.84 Å². The first-order valence-electron chi connectivity index (χ1n) is 2.70. The van der Waals surface area contributed by atoms with Crippen LogP contribution in [-0.4, -0.2) is 11.6 Å². The molecule has 1 unspecified atom stereocenters. The van der Waals surface area contributed by atoms with Crippen LogP contribution in [0.5, 0.6) is 0 Å². The Morgan fingerprint density at radius 1 is 1.71 bits per heavy atom. The van der Waals surface area contributed by atoms with E-state index in [0.29, 0.717) is 0 Å². The predicted molar refractivity (Wildman–Crippen MR) is 27.0 cm³/mol. The minimum absolute atomic E-state index is 1.07. The Hall–Kier alpha value is -0.0800. The molecule has 1 rings (SSSR count). The summed E-state index contributed by atoms with van der Waals surface area (Å²) in [6.07, 6.45) is 2.48. The lowest BCUT2D eigenvalue weighted by molar-refractivity contribution is 0.199. The molecular formula is C5H10NO. The van der Waals surface area contributed by atoms with E-state index in [0.717, 1.165) is 6.54 Å². The quantitative estimate of drug-likeness (QED) is 0.494. The van der Waals surface area contributed by atoms with Crippen LogP contribution in [0, 0.1) is 6.73 Å². The van der Waals surface area contributed by atoms with Gasteiger partial charge in [0.15, 0.2) is 6.73 Å². The van der Waals surface area contributed by atoms with Crippen LogP contribution in [0.25, 0.3) is 0 Å². The lowest BCUT2D eigenvalue weighted by atomic mass is 10.3. The van der Waals surface area contributed by atoms with E-state index in [1.807, 2.05) is 5.06 Å². The SMILES string of the molecule is CCCCN1[CH]O1. The van der Waals surface area contributed by atoms with E-state index in [1.54, 1.807) is 6.73 Å². The molecule has 0 spiro atoms. The molecule has 1 fully saturated rings. The van der Waals surface area contributed by atoms with E-state index in [2.05, 4.69) is 6.92 Å². The van der Waals surface area contributed by atoms with Gasteiger partial charge >= 0.3 is 0 Å². The summed E-state index contributed by atoms with van der Waals surface area (Å²) in [6, 6.07) is 0. The van der Waals surface area contributed by atoms with Gasteiger partial charge in [-0.25, -0.2) is 0 Å². The first kappa shape index (κ1) is 5.06. The summed E-state index contributed by atoms with van der Waals surface area (Å²) in [7, 11) is 0. The standard InChI is InChI=1S/C5H10NO/c1-2-3-4-6-5-7-6/h5H,2-4H2,1H3. The van der Waals surface area contributed by atoms with Crippen molar-refractivity contribution in [3.8, 4) is 0 Å². The van der Waals surface area contributed by atoms with E-state index in [4.69, 9.17) is 4.84 Å². The van der Waals surface area contributed by atoms with Gasteiger partial charge in [0.25, 0.3) is 0 Å². The molecule has 1 saturated heterocycles. The maximum atomic E-state index is 4.72. The summed E-state index contributed by atoms with van der Waals surface area (Å²) < 4.78 is 0. The molecule has 1 aliphatic rings. The highest BCUT2D eigenvalue weighted by molar-refractivity contribution is 4.58. The number of rotatable bonds is 3. The van der Waals surface area contributed by atoms with Crippen LogP contribution in [0.1, 0.15) is 19.8 Å². The second-order valence-corrected chi connectivity index (χ2v) is 1.71. The average molecular weight is 100 g/mol. The van der Waals surface area contributed by atoms with E-state index in [9.17, 15) is 0 Å². The van der Waals surface area contributed by atoms with Gasteiger partial charge < -0.3 is 0 Å². The monoisotopic (exact) mass is 100 g/mol. The van der Waals surface area contributed by atoms with Gasteiger partial charge in [-0.1, -0.05) is 13.3 Å². The van der Waals surface area contributed by atoms with Crippen molar-refractivity contribution in [3.05, 3.63) is 6.73 Å². The van der Waals surface area contributed by atoms with E-state index in [1.165, 1.54) is 12.8 Å². The normalized spacial score (nSPS) is 27.9. The molecule has 7 heavy (non-hydrogen) atoms. The molecule has 1 aliphatic heterocycles. The van der Waals surface area contributed by atoms with Gasteiger partial charge in [-0.15, -0.1) is 0 Å². The minimum atomic E-state index is 1.07. The number of hydroxylamine groups is 2. The van der Waals surface area contributed by atoms with Gasteiger partial charge in [-0.05, 0) is 6.42 Å². The molecule has 1 atom stereocenters. The minimum Gasteiger partial charge on any atom is -0.271 e. The fraction of sp³-hybridized carbons (Fsp3) is 0.800. The molecule has 1 heterocycles. The third kappa shape index (κ3) is 1.90. The third-order valence-electron chi connectivity index (χ3n) is 0.987. The number of hydrogen-bond donors (Lipinski definition) is 0.